The summed E-state index contributed by atoms with van der Waals surface area (Å²) in [6.45, 7) is 0. The Labute approximate surface area is 328 Å². The maximum absolute atomic E-state index is 9.15. The number of hydrogen-bond acceptors (Lipinski definition) is 2. The number of aromatic hydroxyl groups is 2. The van der Waals surface area contributed by atoms with E-state index in [0.29, 0.717) is 0 Å². The van der Waals surface area contributed by atoms with Gasteiger partial charge in [-0.05, 0) is 0 Å². The Morgan fingerprint density at radius 2 is 0.400 bits per heavy atom. The van der Waals surface area contributed by atoms with Crippen LogP contribution in [0.2, 0.25) is 20.1 Å². The van der Waals surface area contributed by atoms with Gasteiger partial charge in [-0.3, -0.25) is 0 Å². The van der Waals surface area contributed by atoms with Gasteiger partial charge in [0.2, 0.25) is 0 Å². The van der Waals surface area contributed by atoms with Crippen molar-refractivity contribution in [3.05, 3.63) is 202 Å². The molecule has 2 nitrogen and oxygen atoms in total. The number of halogens is 4. The predicted octanol–water partition coefficient (Wildman–Crippen LogP) is 8.12. The molecule has 0 saturated carbocycles. The Morgan fingerprint density at radius 1 is 0.260 bits per heavy atom. The molecule has 0 saturated heterocycles. The van der Waals surface area contributed by atoms with Crippen LogP contribution in [-0.4, -0.2) is 49.7 Å². The van der Waals surface area contributed by atoms with Gasteiger partial charge in [0.25, 0.3) is 0 Å². The van der Waals surface area contributed by atoms with Gasteiger partial charge in [-0.25, -0.2) is 0 Å². The molecule has 0 aliphatic carbocycles. The summed E-state index contributed by atoms with van der Waals surface area (Å²) >= 11 is 17.9. The fourth-order valence-corrected chi connectivity index (χ4v) is 20.8. The zero-order chi connectivity index (χ0) is 35.3. The minimum atomic E-state index is -1.98. The van der Waals surface area contributed by atoms with E-state index in [9.17, 15) is 0 Å². The van der Waals surface area contributed by atoms with E-state index in [1.807, 2.05) is 0 Å². The van der Waals surface area contributed by atoms with Crippen molar-refractivity contribution in [3.63, 3.8) is 0 Å². The van der Waals surface area contributed by atoms with Gasteiger partial charge in [0.1, 0.15) is 20.1 Å². The zero-order valence-electron chi connectivity index (χ0n) is 26.7. The summed E-state index contributed by atoms with van der Waals surface area (Å²) in [6, 6.07) is 65.9. The molecule has 7 aromatic carbocycles. The molecular weight excluding hydrogens is 916 g/mol. The average Bonchev–Trinajstić information content (AvgIpc) is 3.19. The molecule has 2 radical (unpaired) electrons. The van der Waals surface area contributed by atoms with Crippen LogP contribution in [0.4, 0.5) is 0 Å². The number of phenolic OH excluding ortho intramolecular Hbond substituents is 2. The first-order chi connectivity index (χ1) is 24.4. The van der Waals surface area contributed by atoms with E-state index >= 15 is 0 Å². The maximum atomic E-state index is 9.15. The van der Waals surface area contributed by atoms with Gasteiger partial charge in [-0.2, -0.15) is 0 Å². The fraction of sp³-hybridized carbons (Fsp3) is 0. The van der Waals surface area contributed by atoms with Crippen LogP contribution < -0.4 is 21.5 Å². The topological polar surface area (TPSA) is 40.5 Å². The third kappa shape index (κ3) is 10.0. The molecule has 0 spiro atoms. The van der Waals surface area contributed by atoms with Crippen LogP contribution in [0.1, 0.15) is 0 Å². The molecule has 0 bridgehead atoms. The van der Waals surface area contributed by atoms with E-state index in [0.717, 1.165) is 0 Å². The van der Waals surface area contributed by atoms with E-state index in [1.165, 1.54) is 21.5 Å². The summed E-state index contributed by atoms with van der Waals surface area (Å²) in [6.07, 6.45) is 0. The summed E-state index contributed by atoms with van der Waals surface area (Å²) in [5.41, 5.74) is 0. The molecule has 248 valence electrons. The van der Waals surface area contributed by atoms with Crippen molar-refractivity contribution in [2.45, 2.75) is 0 Å². The van der Waals surface area contributed by atoms with E-state index in [4.69, 9.17) is 56.6 Å². The summed E-state index contributed by atoms with van der Waals surface area (Å²) < 4.78 is 9.18. The fourth-order valence-electron chi connectivity index (χ4n) is 5.24. The molecule has 0 aliphatic rings. The van der Waals surface area contributed by atoms with E-state index < -0.39 is 51.0 Å². The van der Waals surface area contributed by atoms with Gasteiger partial charge in [-0.15, -0.1) is 0 Å². The van der Waals surface area contributed by atoms with Gasteiger partial charge in [-0.1, -0.05) is 46.4 Å². The number of hydrogen-bond donors (Lipinski definition) is 2. The first-order valence-electron chi connectivity index (χ1n) is 15.7. The molecule has 2 N–H and O–H groups in total. The monoisotopic (exact) mass is 948 g/mol. The normalized spacial score (nSPS) is 10.5. The van der Waals surface area contributed by atoms with Crippen LogP contribution in [0.15, 0.2) is 182 Å². The first-order valence-corrected chi connectivity index (χ1v) is 25.7. The third-order valence-electron chi connectivity index (χ3n) is 7.59. The van der Waals surface area contributed by atoms with E-state index in [2.05, 4.69) is 182 Å². The van der Waals surface area contributed by atoms with Crippen molar-refractivity contribution in [1.29, 1.82) is 0 Å². The average molecular weight is 948 g/mol. The van der Waals surface area contributed by atoms with Crippen molar-refractivity contribution in [1.82, 2.24) is 0 Å². The molecule has 0 amide bonds. The van der Waals surface area contributed by atoms with Crippen LogP contribution in [0.25, 0.3) is 0 Å². The number of phenols is 2. The Hall–Kier alpha value is -3.10. The summed E-state index contributed by atoms with van der Waals surface area (Å²) in [5.74, 6) is -0.878. The second kappa shape index (κ2) is 19.5. The summed E-state index contributed by atoms with van der Waals surface area (Å²) in [5, 5.41) is 17.4. The van der Waals surface area contributed by atoms with E-state index in [-0.39, 0.29) is 20.1 Å². The molecule has 7 rings (SSSR count). The predicted molar refractivity (Wildman–Crippen MR) is 218 cm³/mol. The van der Waals surface area contributed by atoms with Gasteiger partial charge >= 0.3 is 243 Å². The molecular formula is C42H32Cl4O2Sn2. The Bertz CT molecular complexity index is 1650. The Kier molecular flexibility index (Phi) is 14.9. The second-order valence-electron chi connectivity index (χ2n) is 10.9. The Morgan fingerprint density at radius 3 is 0.540 bits per heavy atom. The number of benzene rings is 7. The van der Waals surface area contributed by atoms with Crippen LogP contribution in [0, 0.1) is 0 Å². The summed E-state index contributed by atoms with van der Waals surface area (Å²) in [4.78, 5) is 0. The van der Waals surface area contributed by atoms with Crippen molar-refractivity contribution >= 4 is 107 Å². The molecule has 50 heavy (non-hydrogen) atoms. The zero-order valence-corrected chi connectivity index (χ0v) is 35.5. The molecule has 8 heteroatoms. The molecule has 0 aliphatic heterocycles. The van der Waals surface area contributed by atoms with Crippen molar-refractivity contribution in [2.24, 2.45) is 0 Å². The molecule has 0 unspecified atom stereocenters. The van der Waals surface area contributed by atoms with Crippen molar-refractivity contribution in [3.8, 4) is 11.5 Å². The molecule has 0 heterocycles. The molecule has 7 aromatic rings. The van der Waals surface area contributed by atoms with Gasteiger partial charge in [0.15, 0.2) is 11.5 Å². The Balaban J connectivity index is 0.000000150. The second-order valence-corrected chi connectivity index (χ2v) is 26.6. The van der Waals surface area contributed by atoms with Crippen LogP contribution >= 0.6 is 46.4 Å². The van der Waals surface area contributed by atoms with Crippen LogP contribution in [0.5, 0.6) is 11.5 Å². The minimum absolute atomic E-state index is 0.219. The number of rotatable bonds is 6. The van der Waals surface area contributed by atoms with Gasteiger partial charge in [0, 0.05) is 0 Å². The van der Waals surface area contributed by atoms with Crippen molar-refractivity contribution < 1.29 is 10.2 Å². The third-order valence-corrected chi connectivity index (χ3v) is 24.9. The quantitative estimate of drug-likeness (QED) is 0.101. The SMILES string of the molecule is Oc1c(Cl)c(Cl)c(O)c(Cl)c1Cl.c1cc[c]([Sn]([c]2ccccc2)[c]2ccccc2)cc1.c1cc[c]([Sn]([c]2ccccc2)[c]2ccccc2)cc1. The molecule has 0 atom stereocenters. The van der Waals surface area contributed by atoms with Crippen molar-refractivity contribution in [2.75, 3.05) is 0 Å². The molecule has 0 aromatic heterocycles. The van der Waals surface area contributed by atoms with E-state index in [1.54, 1.807) is 0 Å². The van der Waals surface area contributed by atoms with Crippen LogP contribution in [-0.2, 0) is 0 Å². The van der Waals surface area contributed by atoms with Crippen LogP contribution in [0.3, 0.4) is 0 Å². The van der Waals surface area contributed by atoms with Gasteiger partial charge < -0.3 is 10.2 Å². The van der Waals surface area contributed by atoms with Gasteiger partial charge in [0.05, 0.1) is 0 Å². The molecule has 0 fully saturated rings. The standard InChI is InChI=1S/C6H2Cl4O2.6C6H5.2Sn/c7-1-2(8)6(12)4(10)3(9)5(1)11;6*1-2-4-6-5-3-1;;/h11-12H;6*1-5H;;. The summed E-state index contributed by atoms with van der Waals surface area (Å²) in [7, 11) is 0. The first kappa shape index (κ1) is 38.1.